The van der Waals surface area contributed by atoms with Gasteiger partial charge in [0.2, 0.25) is 11.9 Å². The van der Waals surface area contributed by atoms with Crippen molar-refractivity contribution >= 4 is 28.7 Å². The molecule has 2 heterocycles. The van der Waals surface area contributed by atoms with Gasteiger partial charge in [-0.25, -0.2) is 4.98 Å². The standard InChI is InChI=1S/C26H36N6O3/c1-7-8-11-26(4,16-29-18(3)33)32-24-23-21(12-17(2)14-27-23)30-25(31-24)28-15-19-9-10-20(34-5)13-22(19)35-6/h9-10,12-14H,7-8,11,15-16H2,1-6H3,(H,29,33)(H2,28,30,31,32). The number of pyridine rings is 1. The van der Waals surface area contributed by atoms with Crippen molar-refractivity contribution in [2.75, 3.05) is 31.4 Å². The smallest absolute Gasteiger partial charge is 0.225 e. The number of carbonyl (C=O) groups excluding carboxylic acids is 1. The summed E-state index contributed by atoms with van der Waals surface area (Å²) < 4.78 is 10.8. The van der Waals surface area contributed by atoms with E-state index in [1.54, 1.807) is 14.2 Å². The summed E-state index contributed by atoms with van der Waals surface area (Å²) in [4.78, 5) is 25.7. The molecule has 1 unspecified atom stereocenters. The van der Waals surface area contributed by atoms with E-state index in [0.717, 1.165) is 47.4 Å². The summed E-state index contributed by atoms with van der Waals surface area (Å²) in [5.74, 6) is 2.49. The molecule has 188 valence electrons. The zero-order valence-electron chi connectivity index (χ0n) is 21.5. The minimum Gasteiger partial charge on any atom is -0.497 e. The van der Waals surface area contributed by atoms with Gasteiger partial charge in [-0.1, -0.05) is 19.8 Å². The number of ether oxygens (including phenoxy) is 2. The lowest BCUT2D eigenvalue weighted by molar-refractivity contribution is -0.119. The second kappa shape index (κ2) is 11.7. The lowest BCUT2D eigenvalue weighted by Gasteiger charge is -2.32. The van der Waals surface area contributed by atoms with Gasteiger partial charge >= 0.3 is 0 Å². The van der Waals surface area contributed by atoms with Gasteiger partial charge in [0.05, 0.1) is 25.3 Å². The SMILES string of the molecule is CCCCC(C)(CNC(C)=O)Nc1nc(NCc2ccc(OC)cc2OC)nc2cc(C)cnc12. The molecule has 0 spiro atoms. The van der Waals surface area contributed by atoms with E-state index >= 15 is 0 Å². The number of methoxy groups -OCH3 is 2. The topological polar surface area (TPSA) is 110 Å². The molecule has 0 aliphatic carbocycles. The van der Waals surface area contributed by atoms with Crippen molar-refractivity contribution in [3.63, 3.8) is 0 Å². The highest BCUT2D eigenvalue weighted by atomic mass is 16.5. The molecule has 0 aliphatic rings. The average Bonchev–Trinajstić information content (AvgIpc) is 2.84. The number of carbonyl (C=O) groups is 1. The molecule has 3 N–H and O–H groups in total. The summed E-state index contributed by atoms with van der Waals surface area (Å²) >= 11 is 0. The van der Waals surface area contributed by atoms with Gasteiger partial charge in [0.15, 0.2) is 5.82 Å². The monoisotopic (exact) mass is 480 g/mol. The Hall–Kier alpha value is -3.62. The Labute approximate surface area is 207 Å². The molecule has 0 saturated carbocycles. The van der Waals surface area contributed by atoms with Crippen LogP contribution in [-0.4, -0.2) is 47.2 Å². The molecule has 0 bridgehead atoms. The van der Waals surface area contributed by atoms with Crippen LogP contribution in [0.3, 0.4) is 0 Å². The lowest BCUT2D eigenvalue weighted by Crippen LogP contribution is -2.46. The quantitative estimate of drug-likeness (QED) is 0.349. The maximum absolute atomic E-state index is 11.6. The van der Waals surface area contributed by atoms with Crippen molar-refractivity contribution < 1.29 is 14.3 Å². The van der Waals surface area contributed by atoms with Crippen molar-refractivity contribution in [2.24, 2.45) is 0 Å². The number of nitrogens with zero attached hydrogens (tertiary/aromatic N) is 3. The van der Waals surface area contributed by atoms with E-state index < -0.39 is 5.54 Å². The van der Waals surface area contributed by atoms with E-state index in [2.05, 4.69) is 34.8 Å². The summed E-state index contributed by atoms with van der Waals surface area (Å²) in [6.45, 7) is 8.70. The number of hydrogen-bond acceptors (Lipinski definition) is 8. The van der Waals surface area contributed by atoms with Crippen LogP contribution in [-0.2, 0) is 11.3 Å². The summed E-state index contributed by atoms with van der Waals surface area (Å²) in [6.07, 6.45) is 4.74. The Bertz CT molecular complexity index is 1170. The van der Waals surface area contributed by atoms with Crippen LogP contribution in [0.15, 0.2) is 30.5 Å². The number of aryl methyl sites for hydroxylation is 1. The summed E-state index contributed by atoms with van der Waals surface area (Å²) in [7, 11) is 3.26. The maximum atomic E-state index is 11.6. The van der Waals surface area contributed by atoms with Crippen LogP contribution in [0.4, 0.5) is 11.8 Å². The van der Waals surface area contributed by atoms with Gasteiger partial charge in [-0.15, -0.1) is 0 Å². The molecule has 9 heteroatoms. The number of unbranched alkanes of at least 4 members (excludes halogenated alkanes) is 1. The third-order valence-electron chi connectivity index (χ3n) is 5.83. The van der Waals surface area contributed by atoms with Gasteiger partial charge in [-0.05, 0) is 44.0 Å². The van der Waals surface area contributed by atoms with E-state index in [-0.39, 0.29) is 5.91 Å². The van der Waals surface area contributed by atoms with E-state index in [0.29, 0.717) is 30.4 Å². The molecule has 0 radical (unpaired) electrons. The zero-order valence-corrected chi connectivity index (χ0v) is 21.5. The number of nitrogens with one attached hydrogen (secondary N) is 3. The first-order valence-corrected chi connectivity index (χ1v) is 11.9. The van der Waals surface area contributed by atoms with Crippen LogP contribution in [0.2, 0.25) is 0 Å². The van der Waals surface area contributed by atoms with E-state index in [1.165, 1.54) is 6.92 Å². The highest BCUT2D eigenvalue weighted by Crippen LogP contribution is 2.28. The molecule has 1 atom stereocenters. The number of aromatic nitrogens is 3. The Kier molecular flexibility index (Phi) is 8.68. The molecule has 0 fully saturated rings. The van der Waals surface area contributed by atoms with E-state index in [1.807, 2.05) is 37.4 Å². The molecule has 0 aliphatic heterocycles. The van der Waals surface area contributed by atoms with Crippen molar-refractivity contribution in [1.29, 1.82) is 0 Å². The van der Waals surface area contributed by atoms with Crippen LogP contribution < -0.4 is 25.4 Å². The first-order chi connectivity index (χ1) is 16.8. The van der Waals surface area contributed by atoms with Crippen molar-refractivity contribution in [3.8, 4) is 11.5 Å². The number of rotatable bonds is 12. The Morgan fingerprint density at radius 2 is 1.94 bits per heavy atom. The third kappa shape index (κ3) is 6.94. The molecule has 3 aromatic rings. The zero-order chi connectivity index (χ0) is 25.4. The molecule has 3 rings (SSSR count). The van der Waals surface area contributed by atoms with Gasteiger partial charge in [-0.2, -0.15) is 4.98 Å². The normalized spacial score (nSPS) is 12.6. The van der Waals surface area contributed by atoms with Crippen LogP contribution in [0.25, 0.3) is 11.0 Å². The molecular weight excluding hydrogens is 444 g/mol. The summed E-state index contributed by atoms with van der Waals surface area (Å²) in [5.41, 5.74) is 2.99. The van der Waals surface area contributed by atoms with Gasteiger partial charge in [0.1, 0.15) is 17.0 Å². The minimum absolute atomic E-state index is 0.0633. The summed E-state index contributed by atoms with van der Waals surface area (Å²) in [5, 5.41) is 9.85. The second-order valence-corrected chi connectivity index (χ2v) is 9.01. The molecule has 1 amide bonds. The van der Waals surface area contributed by atoms with Crippen molar-refractivity contribution in [3.05, 3.63) is 41.6 Å². The van der Waals surface area contributed by atoms with Crippen molar-refractivity contribution in [2.45, 2.75) is 59.0 Å². The lowest BCUT2D eigenvalue weighted by atomic mass is 9.94. The molecule has 9 nitrogen and oxygen atoms in total. The fraction of sp³-hybridized carbons (Fsp3) is 0.462. The van der Waals surface area contributed by atoms with Crippen LogP contribution in [0.5, 0.6) is 11.5 Å². The third-order valence-corrected chi connectivity index (χ3v) is 5.83. The van der Waals surface area contributed by atoms with Gasteiger partial charge in [0.25, 0.3) is 0 Å². The Balaban J connectivity index is 1.94. The van der Waals surface area contributed by atoms with Crippen LogP contribution >= 0.6 is 0 Å². The number of hydrogen-bond donors (Lipinski definition) is 3. The van der Waals surface area contributed by atoms with Crippen LogP contribution in [0.1, 0.15) is 51.2 Å². The Morgan fingerprint density at radius 1 is 1.14 bits per heavy atom. The first kappa shape index (κ1) is 26.0. The second-order valence-electron chi connectivity index (χ2n) is 9.01. The predicted molar refractivity (Wildman–Crippen MR) is 139 cm³/mol. The van der Waals surface area contributed by atoms with Gasteiger partial charge < -0.3 is 25.4 Å². The Morgan fingerprint density at radius 3 is 2.63 bits per heavy atom. The fourth-order valence-electron chi connectivity index (χ4n) is 3.83. The number of amides is 1. The first-order valence-electron chi connectivity index (χ1n) is 11.9. The highest BCUT2D eigenvalue weighted by molar-refractivity contribution is 5.87. The molecule has 2 aromatic heterocycles. The predicted octanol–water partition coefficient (Wildman–Crippen LogP) is 4.46. The number of anilines is 2. The minimum atomic E-state index is -0.397. The van der Waals surface area contributed by atoms with Crippen molar-refractivity contribution in [1.82, 2.24) is 20.3 Å². The van der Waals surface area contributed by atoms with Gasteiger partial charge in [0, 0.05) is 37.8 Å². The highest BCUT2D eigenvalue weighted by Gasteiger charge is 2.26. The molecule has 1 aromatic carbocycles. The number of fused-ring (bicyclic) bond motifs is 1. The number of benzene rings is 1. The maximum Gasteiger partial charge on any atom is 0.225 e. The van der Waals surface area contributed by atoms with E-state index in [9.17, 15) is 4.79 Å². The molecular formula is C26H36N6O3. The molecule has 35 heavy (non-hydrogen) atoms. The largest absolute Gasteiger partial charge is 0.497 e. The fourth-order valence-corrected chi connectivity index (χ4v) is 3.83. The average molecular weight is 481 g/mol. The summed E-state index contributed by atoms with van der Waals surface area (Å²) in [6, 6.07) is 7.68. The van der Waals surface area contributed by atoms with Gasteiger partial charge in [-0.3, -0.25) is 9.78 Å². The molecule has 0 saturated heterocycles. The van der Waals surface area contributed by atoms with Crippen LogP contribution in [0, 0.1) is 6.92 Å². The van der Waals surface area contributed by atoms with E-state index in [4.69, 9.17) is 19.4 Å².